The highest BCUT2D eigenvalue weighted by molar-refractivity contribution is 9.11. The molecule has 2 rings (SSSR count). The van der Waals surface area contributed by atoms with E-state index in [0.29, 0.717) is 4.47 Å². The second kappa shape index (κ2) is 4.80. The first kappa shape index (κ1) is 11.4. The lowest BCUT2D eigenvalue weighted by atomic mass is 9.99. The molecule has 0 saturated carbocycles. The Morgan fingerprint density at radius 2 is 2.20 bits per heavy atom. The molecule has 1 saturated heterocycles. The Morgan fingerprint density at radius 3 is 2.80 bits per heavy atom. The van der Waals surface area contributed by atoms with Crippen LogP contribution in [0.15, 0.2) is 26.0 Å². The van der Waals surface area contributed by atoms with E-state index in [1.54, 1.807) is 10.6 Å². The summed E-state index contributed by atoms with van der Waals surface area (Å²) in [6, 6.07) is 1.78. The molecule has 15 heavy (non-hydrogen) atoms. The molecule has 1 aliphatic heterocycles. The van der Waals surface area contributed by atoms with Crippen molar-refractivity contribution in [3.05, 3.63) is 31.6 Å². The molecule has 1 fully saturated rings. The van der Waals surface area contributed by atoms with Crippen LogP contribution in [0.4, 0.5) is 0 Å². The number of pyridine rings is 1. The fourth-order valence-electron chi connectivity index (χ4n) is 1.61. The third kappa shape index (κ3) is 2.71. The van der Waals surface area contributed by atoms with Crippen molar-refractivity contribution >= 4 is 31.9 Å². The van der Waals surface area contributed by atoms with Gasteiger partial charge in [0.15, 0.2) is 0 Å². The number of hydrogen-bond donors (Lipinski definition) is 1. The molecular formula is C10H12Br2N2O. The quantitative estimate of drug-likeness (QED) is 0.916. The Kier molecular flexibility index (Phi) is 3.64. The number of rotatable bonds is 3. The van der Waals surface area contributed by atoms with Crippen molar-refractivity contribution in [3.63, 3.8) is 0 Å². The molecule has 0 aromatic carbocycles. The highest BCUT2D eigenvalue weighted by atomic mass is 79.9. The Bertz CT molecular complexity index is 412. The van der Waals surface area contributed by atoms with Crippen molar-refractivity contribution < 1.29 is 0 Å². The third-order valence-corrected chi connectivity index (χ3v) is 3.66. The predicted molar refractivity (Wildman–Crippen MR) is 67.1 cm³/mol. The first-order chi connectivity index (χ1) is 7.16. The van der Waals surface area contributed by atoms with Crippen LogP contribution in [0.25, 0.3) is 0 Å². The van der Waals surface area contributed by atoms with Crippen LogP contribution in [-0.2, 0) is 6.54 Å². The highest BCUT2D eigenvalue weighted by Gasteiger charge is 2.16. The lowest BCUT2D eigenvalue weighted by Gasteiger charge is -2.27. The number of halogens is 2. The highest BCUT2D eigenvalue weighted by Crippen LogP contribution is 2.14. The molecule has 2 heterocycles. The summed E-state index contributed by atoms with van der Waals surface area (Å²) in [6.07, 6.45) is 2.91. The van der Waals surface area contributed by atoms with Crippen molar-refractivity contribution in [1.29, 1.82) is 0 Å². The fourth-order valence-corrected chi connectivity index (χ4v) is 2.86. The maximum atomic E-state index is 11.7. The van der Waals surface area contributed by atoms with Crippen molar-refractivity contribution in [1.82, 2.24) is 9.88 Å². The molecule has 1 aromatic heterocycles. The van der Waals surface area contributed by atoms with Gasteiger partial charge in [0.25, 0.3) is 5.56 Å². The molecule has 1 N–H and O–H groups in total. The average molecular weight is 336 g/mol. The summed E-state index contributed by atoms with van der Waals surface area (Å²) in [7, 11) is 0. The molecule has 1 aliphatic rings. The van der Waals surface area contributed by atoms with Gasteiger partial charge in [-0.15, -0.1) is 0 Å². The maximum absolute atomic E-state index is 11.7. The van der Waals surface area contributed by atoms with Crippen LogP contribution in [0.2, 0.25) is 0 Å². The van der Waals surface area contributed by atoms with Gasteiger partial charge in [-0.3, -0.25) is 4.79 Å². The van der Waals surface area contributed by atoms with Crippen LogP contribution < -0.4 is 10.9 Å². The van der Waals surface area contributed by atoms with Crippen molar-refractivity contribution in [2.24, 2.45) is 5.92 Å². The zero-order chi connectivity index (χ0) is 10.8. The van der Waals surface area contributed by atoms with E-state index in [1.165, 1.54) is 0 Å². The Morgan fingerprint density at radius 1 is 1.47 bits per heavy atom. The number of aromatic nitrogens is 1. The summed E-state index contributed by atoms with van der Waals surface area (Å²) in [6.45, 7) is 2.97. The topological polar surface area (TPSA) is 34.0 Å². The molecule has 5 heteroatoms. The molecule has 0 atom stereocenters. The molecule has 0 amide bonds. The monoisotopic (exact) mass is 334 g/mol. The molecule has 0 radical (unpaired) electrons. The van der Waals surface area contributed by atoms with Gasteiger partial charge < -0.3 is 9.88 Å². The van der Waals surface area contributed by atoms with Gasteiger partial charge in [0.2, 0.25) is 0 Å². The molecule has 1 aromatic rings. The van der Waals surface area contributed by atoms with Gasteiger partial charge in [0.05, 0.1) is 4.47 Å². The van der Waals surface area contributed by atoms with Crippen molar-refractivity contribution in [2.75, 3.05) is 13.1 Å². The predicted octanol–water partition coefficient (Wildman–Crippen LogP) is 1.98. The maximum Gasteiger partial charge on any atom is 0.264 e. The van der Waals surface area contributed by atoms with Gasteiger partial charge in [-0.25, -0.2) is 0 Å². The lowest BCUT2D eigenvalue weighted by molar-refractivity contribution is 0.310. The summed E-state index contributed by atoms with van der Waals surface area (Å²) in [5.74, 6) is 0.731. The van der Waals surface area contributed by atoms with Crippen LogP contribution in [-0.4, -0.2) is 17.7 Å². The zero-order valence-corrected chi connectivity index (χ0v) is 11.3. The second-order valence-electron chi connectivity index (χ2n) is 3.82. The minimum atomic E-state index is 0.0467. The molecule has 0 bridgehead atoms. The van der Waals surface area contributed by atoms with Crippen molar-refractivity contribution in [2.45, 2.75) is 13.0 Å². The van der Waals surface area contributed by atoms with Gasteiger partial charge in [0.1, 0.15) is 0 Å². The average Bonchev–Trinajstić information content (AvgIpc) is 2.10. The van der Waals surface area contributed by atoms with Crippen molar-refractivity contribution in [3.8, 4) is 0 Å². The van der Waals surface area contributed by atoms with Crippen LogP contribution in [0, 0.1) is 5.92 Å². The zero-order valence-electron chi connectivity index (χ0n) is 8.17. The summed E-state index contributed by atoms with van der Waals surface area (Å²) in [5, 5.41) is 3.23. The molecule has 0 unspecified atom stereocenters. The van der Waals surface area contributed by atoms with E-state index in [0.717, 1.165) is 36.4 Å². The van der Waals surface area contributed by atoms with E-state index in [9.17, 15) is 4.79 Å². The number of aryl methyl sites for hydroxylation is 1. The molecule has 3 nitrogen and oxygen atoms in total. The Balaban J connectivity index is 2.09. The van der Waals surface area contributed by atoms with Crippen LogP contribution in [0.5, 0.6) is 0 Å². The summed E-state index contributed by atoms with van der Waals surface area (Å²) >= 11 is 6.64. The largest absolute Gasteiger partial charge is 0.316 e. The van der Waals surface area contributed by atoms with E-state index < -0.39 is 0 Å². The van der Waals surface area contributed by atoms with E-state index >= 15 is 0 Å². The fraction of sp³-hybridized carbons (Fsp3) is 0.500. The summed E-state index contributed by atoms with van der Waals surface area (Å²) < 4.78 is 3.30. The summed E-state index contributed by atoms with van der Waals surface area (Å²) in [4.78, 5) is 11.7. The van der Waals surface area contributed by atoms with Crippen LogP contribution in [0.3, 0.4) is 0 Å². The minimum absolute atomic E-state index is 0.0467. The molecule has 0 spiro atoms. The SMILES string of the molecule is O=c1c(Br)cc(Br)cn1CCC1CNC1. The molecule has 0 aliphatic carbocycles. The summed E-state index contributed by atoms with van der Waals surface area (Å²) in [5.41, 5.74) is 0.0467. The Labute approximate surface area is 105 Å². The Hall–Kier alpha value is -0.130. The van der Waals surface area contributed by atoms with E-state index in [1.807, 2.05) is 6.20 Å². The normalized spacial score (nSPS) is 16.4. The van der Waals surface area contributed by atoms with Gasteiger partial charge in [0, 0.05) is 17.2 Å². The lowest BCUT2D eigenvalue weighted by Crippen LogP contribution is -2.42. The van der Waals surface area contributed by atoms with Gasteiger partial charge in [-0.1, -0.05) is 0 Å². The smallest absolute Gasteiger partial charge is 0.264 e. The number of nitrogens with one attached hydrogen (secondary N) is 1. The molecular weight excluding hydrogens is 324 g/mol. The van der Waals surface area contributed by atoms with Gasteiger partial charge in [-0.2, -0.15) is 0 Å². The third-order valence-electron chi connectivity index (χ3n) is 2.65. The minimum Gasteiger partial charge on any atom is -0.316 e. The van der Waals surface area contributed by atoms with Gasteiger partial charge in [-0.05, 0) is 63.4 Å². The van der Waals surface area contributed by atoms with E-state index in [4.69, 9.17) is 0 Å². The second-order valence-corrected chi connectivity index (χ2v) is 5.59. The first-order valence-electron chi connectivity index (χ1n) is 4.93. The number of hydrogen-bond acceptors (Lipinski definition) is 2. The van der Waals surface area contributed by atoms with Crippen LogP contribution >= 0.6 is 31.9 Å². The molecule has 82 valence electrons. The standard InChI is InChI=1S/C10H12Br2N2O/c11-8-3-9(12)10(15)14(6-8)2-1-7-4-13-5-7/h3,6-7,13H,1-2,4-5H2. The van der Waals surface area contributed by atoms with E-state index in [2.05, 4.69) is 37.2 Å². The first-order valence-corrected chi connectivity index (χ1v) is 6.51. The van der Waals surface area contributed by atoms with Crippen LogP contribution in [0.1, 0.15) is 6.42 Å². The van der Waals surface area contributed by atoms with Gasteiger partial charge >= 0.3 is 0 Å². The number of nitrogens with zero attached hydrogens (tertiary/aromatic N) is 1. The van der Waals surface area contributed by atoms with E-state index in [-0.39, 0.29) is 5.56 Å².